The molecule has 0 saturated carbocycles. The van der Waals surface area contributed by atoms with Crippen LogP contribution in [0.5, 0.6) is 0 Å². The second-order valence-corrected chi connectivity index (χ2v) is 0. The molecule has 0 atom stereocenters. The molecule has 0 fully saturated rings. The van der Waals surface area contributed by atoms with Gasteiger partial charge in [0, 0.05) is 73.6 Å². The first-order chi connectivity index (χ1) is 6.00. The molecular weight excluding hydrogens is 307 g/mol. The van der Waals surface area contributed by atoms with Crippen LogP contribution in [0.25, 0.3) is 0 Å². The largest absolute Gasteiger partial charge is 1.00 e. The van der Waals surface area contributed by atoms with Gasteiger partial charge in [-0.25, -0.2) is 31.6 Å². The molecule has 0 bridgehead atoms. The average molecular weight is 314 g/mol. The number of rotatable bonds is 0. The Labute approximate surface area is 156 Å². The first kappa shape index (κ1) is 85.9. The fourth-order valence-corrected chi connectivity index (χ4v) is 0. The average Bonchev–Trinajstić information content (AvgIpc) is 2.33. The first-order valence-corrected chi connectivity index (χ1v) is 1.55. The quantitative estimate of drug-likeness (QED) is 0.471. The Bertz CT molecular complexity index is 106. The van der Waals surface area contributed by atoms with E-state index in [1.54, 1.807) is 0 Å². The van der Waals surface area contributed by atoms with Gasteiger partial charge in [0.05, 0.1) is 0 Å². The van der Waals surface area contributed by atoms with Crippen LogP contribution in [-0.4, -0.2) is 0 Å². The zero-order chi connectivity index (χ0) is 12.0. The number of nitrogens with zero attached hydrogens (tertiary/aromatic N) is 6. The third kappa shape index (κ3) is 12400. The van der Waals surface area contributed by atoms with Crippen LogP contribution in [0.2, 0.25) is 0 Å². The molecule has 0 aliphatic heterocycles. The molecule has 0 heterocycles. The summed E-state index contributed by atoms with van der Waals surface area (Å²) in [6.45, 7) is 21.0. The normalized spacial score (nSPS) is 0.800. The van der Waals surface area contributed by atoms with Crippen LogP contribution in [0.1, 0.15) is 1.43 Å². The fourth-order valence-electron chi connectivity index (χ4n) is 0. The van der Waals surface area contributed by atoms with E-state index in [0.717, 1.165) is 0 Å². The van der Waals surface area contributed by atoms with E-state index >= 15 is 0 Å². The Balaban J connectivity index is -0.00000000321. The minimum Gasteiger partial charge on any atom is -1.00 e. The van der Waals surface area contributed by atoms with Gasteiger partial charge in [0.2, 0.25) is 0 Å². The second-order valence-electron chi connectivity index (χ2n) is 0. The van der Waals surface area contributed by atoms with Crippen LogP contribution in [0.15, 0.2) is 0 Å². The summed E-state index contributed by atoms with van der Waals surface area (Å²) in [6, 6.07) is 0. The minimum absolute atomic E-state index is 0. The Morgan fingerprint density at radius 3 is 0.400 bits per heavy atom. The van der Waals surface area contributed by atoms with Gasteiger partial charge >= 0.3 is 51.4 Å². The van der Waals surface area contributed by atoms with Crippen molar-refractivity contribution in [1.29, 1.82) is 31.6 Å². The van der Waals surface area contributed by atoms with Gasteiger partial charge in [-0.1, -0.05) is 0 Å². The standard InChI is InChI=1S/6CHN.2Fe.K.H/c6*1-2;;;;/h6*1H;;;;/q;;;;;;;;+1;-1. The Kier molecular flexibility index (Phi) is 83900. The maximum absolute atomic E-state index is 6.50. The predicted molar refractivity (Wildman–Crippen MR) is 41.1 cm³/mol. The van der Waals surface area contributed by atoms with Crippen LogP contribution in [-0.2, 0) is 34.1 Å². The van der Waals surface area contributed by atoms with Crippen LogP contribution in [0.4, 0.5) is 0 Å². The van der Waals surface area contributed by atoms with E-state index in [1.165, 1.54) is 0 Å². The minimum atomic E-state index is 0. The van der Waals surface area contributed by atoms with Gasteiger partial charge in [0.15, 0.2) is 0 Å². The summed E-state index contributed by atoms with van der Waals surface area (Å²) >= 11 is 0. The van der Waals surface area contributed by atoms with E-state index < -0.39 is 0 Å². The van der Waals surface area contributed by atoms with Crippen molar-refractivity contribution in [1.82, 2.24) is 0 Å². The molecule has 0 rings (SSSR count). The van der Waals surface area contributed by atoms with Crippen molar-refractivity contribution >= 4 is 0 Å². The zero-order valence-electron chi connectivity index (χ0n) is 8.85. The van der Waals surface area contributed by atoms with Crippen molar-refractivity contribution in [2.75, 3.05) is 0 Å². The van der Waals surface area contributed by atoms with Crippen LogP contribution in [0, 0.1) is 71.0 Å². The summed E-state index contributed by atoms with van der Waals surface area (Å²) in [5.41, 5.74) is 0. The van der Waals surface area contributed by atoms with Crippen molar-refractivity contribution in [2.45, 2.75) is 0 Å². The predicted octanol–water partition coefficient (Wildman–Crippen LogP) is -2.05. The molecule has 0 aromatic heterocycles. The third-order valence-corrected chi connectivity index (χ3v) is 0. The van der Waals surface area contributed by atoms with Crippen molar-refractivity contribution < 1.29 is 86.9 Å². The summed E-state index contributed by atoms with van der Waals surface area (Å²) in [4.78, 5) is 0. The summed E-state index contributed by atoms with van der Waals surface area (Å²) < 4.78 is 0. The smallest absolute Gasteiger partial charge is 1.00 e. The number of nitriles is 6. The van der Waals surface area contributed by atoms with Gasteiger partial charge in [0.25, 0.3) is 0 Å². The Morgan fingerprint density at radius 2 is 0.400 bits per heavy atom. The molecule has 0 spiro atoms. The van der Waals surface area contributed by atoms with E-state index in [2.05, 4.69) is 39.4 Å². The van der Waals surface area contributed by atoms with Crippen LogP contribution in [0.3, 0.4) is 0 Å². The molecular formula is C6H7Fe2KN6. The summed E-state index contributed by atoms with van der Waals surface area (Å²) in [5.74, 6) is 0. The Morgan fingerprint density at radius 1 is 0.400 bits per heavy atom. The molecule has 15 heavy (non-hydrogen) atoms. The molecule has 9 heteroatoms. The molecule has 0 radical (unpaired) electrons. The topological polar surface area (TPSA) is 143 Å². The van der Waals surface area contributed by atoms with Gasteiger partial charge in [-0.3, -0.25) is 0 Å². The van der Waals surface area contributed by atoms with Crippen LogP contribution >= 0.6 is 0 Å². The summed E-state index contributed by atoms with van der Waals surface area (Å²) in [6.07, 6.45) is 0. The van der Waals surface area contributed by atoms with Gasteiger partial charge in [0.1, 0.15) is 0 Å². The molecule has 6 nitrogen and oxygen atoms in total. The summed E-state index contributed by atoms with van der Waals surface area (Å²) in [7, 11) is 0. The van der Waals surface area contributed by atoms with E-state index in [1.807, 2.05) is 0 Å². The SMILES string of the molecule is C#N.C#N.C#N.C#N.C#N.C#N.[Fe].[Fe].[H-].[K+]. The monoisotopic (exact) mass is 314 g/mol. The second kappa shape index (κ2) is 14600. The van der Waals surface area contributed by atoms with E-state index in [0.29, 0.717) is 0 Å². The summed E-state index contributed by atoms with van der Waals surface area (Å²) in [5, 5.41) is 39.0. The molecule has 0 aliphatic carbocycles. The van der Waals surface area contributed by atoms with Gasteiger partial charge in [-0.15, -0.1) is 0 Å². The van der Waals surface area contributed by atoms with Crippen molar-refractivity contribution in [3.8, 4) is 39.4 Å². The zero-order valence-corrected chi connectivity index (χ0v) is 13.2. The third-order valence-electron chi connectivity index (χ3n) is 0. The van der Waals surface area contributed by atoms with Crippen molar-refractivity contribution in [2.24, 2.45) is 0 Å². The maximum Gasteiger partial charge on any atom is 1.00 e. The molecule has 0 amide bonds. The van der Waals surface area contributed by atoms with E-state index in [4.69, 9.17) is 31.6 Å². The molecule has 0 aliphatic rings. The maximum atomic E-state index is 6.50. The van der Waals surface area contributed by atoms with E-state index in [9.17, 15) is 0 Å². The molecule has 0 aromatic carbocycles. The van der Waals surface area contributed by atoms with Crippen molar-refractivity contribution in [3.05, 3.63) is 0 Å². The molecule has 0 unspecified atom stereocenters. The van der Waals surface area contributed by atoms with E-state index in [-0.39, 0.29) is 86.9 Å². The molecule has 0 aromatic rings. The molecule has 0 saturated heterocycles. The van der Waals surface area contributed by atoms with Gasteiger partial charge in [-0.2, -0.15) is 0 Å². The van der Waals surface area contributed by atoms with Crippen molar-refractivity contribution in [3.63, 3.8) is 0 Å². The van der Waals surface area contributed by atoms with Gasteiger partial charge < -0.3 is 1.43 Å². The fraction of sp³-hybridized carbons (Fsp3) is 0. The van der Waals surface area contributed by atoms with Gasteiger partial charge in [-0.05, 0) is 0 Å². The van der Waals surface area contributed by atoms with Crippen LogP contribution < -0.4 is 51.4 Å². The first-order valence-electron chi connectivity index (χ1n) is 1.55. The number of hydrogen-bond donors (Lipinski definition) is 0. The Hall–Kier alpha value is -0.385. The molecule has 0 N–H and O–H groups in total. The molecule has 78 valence electrons. The number of hydrogen-bond acceptors (Lipinski definition) is 6.